The quantitative estimate of drug-likeness (QED) is 0.0273. The molecule has 0 atom stereocenters. The van der Waals surface area contributed by atoms with Crippen LogP contribution in [0, 0.1) is 0 Å². The first-order valence-corrected chi connectivity index (χ1v) is 37.4. The molecule has 2 aromatic rings. The van der Waals surface area contributed by atoms with E-state index in [1.54, 1.807) is 4.70 Å². The molecule has 0 aliphatic carbocycles. The van der Waals surface area contributed by atoms with Crippen LogP contribution in [0.2, 0.25) is 10.8 Å². The van der Waals surface area contributed by atoms with E-state index in [9.17, 15) is 5.53 Å². The molecule has 0 saturated carbocycles. The van der Waals surface area contributed by atoms with Gasteiger partial charge in [-0.05, 0) is 100 Å². The maximum absolute atomic E-state index is 12.1. The first-order chi connectivity index (χ1) is 40.1. The molecule has 1 aliphatic rings. The Kier molecular flexibility index (Phi) is 53.3. The van der Waals surface area contributed by atoms with Gasteiger partial charge in [-0.15, -0.1) is 0 Å². The Morgan fingerprint density at radius 2 is 0.605 bits per heavy atom. The zero-order chi connectivity index (χ0) is 58.0. The molecule has 0 N–H and O–H groups in total. The number of benzene rings is 2. The fourth-order valence-corrected chi connectivity index (χ4v) is 12.5. The second-order valence-corrected chi connectivity index (χ2v) is 26.4. The molecular formula is C78H134N2Ni. The van der Waals surface area contributed by atoms with Crippen molar-refractivity contribution in [1.82, 2.24) is 0 Å². The van der Waals surface area contributed by atoms with Gasteiger partial charge in [-0.1, -0.05) is 332 Å². The van der Waals surface area contributed by atoms with Crippen molar-refractivity contribution in [2.24, 2.45) is 0 Å². The molecule has 3 rings (SSSR count). The summed E-state index contributed by atoms with van der Waals surface area (Å²) >= 11 is 1.82. The van der Waals surface area contributed by atoms with Gasteiger partial charge in [0.25, 0.3) is 0 Å². The molecular weight excluding hydrogens is 1020 g/mol. The maximum atomic E-state index is 12.1. The fourth-order valence-electron chi connectivity index (χ4n) is 12.0. The third kappa shape index (κ3) is 41.2. The summed E-state index contributed by atoms with van der Waals surface area (Å²) in [7, 11) is 0. The van der Waals surface area contributed by atoms with Gasteiger partial charge in [0.2, 0.25) is 11.4 Å². The summed E-state index contributed by atoms with van der Waals surface area (Å²) in [6.45, 7) is 11.3. The van der Waals surface area contributed by atoms with Gasteiger partial charge in [0.15, 0.2) is 0 Å². The molecule has 2 nitrogen and oxygen atoms in total. The molecule has 0 amide bonds. The van der Waals surface area contributed by atoms with Gasteiger partial charge in [0.1, 0.15) is 0 Å². The predicted molar refractivity (Wildman–Crippen MR) is 361 cm³/mol. The van der Waals surface area contributed by atoms with Gasteiger partial charge in [-0.25, -0.2) is 4.70 Å². The Labute approximate surface area is 512 Å². The van der Waals surface area contributed by atoms with Crippen molar-refractivity contribution in [1.29, 1.82) is 0 Å². The molecule has 0 saturated heterocycles. The molecule has 2 aromatic carbocycles. The number of rotatable bonds is 57. The summed E-state index contributed by atoms with van der Waals surface area (Å²) in [4.78, 5) is 0. The van der Waals surface area contributed by atoms with Crippen molar-refractivity contribution in [3.63, 3.8) is 0 Å². The molecule has 0 spiro atoms. The van der Waals surface area contributed by atoms with E-state index in [0.29, 0.717) is 0 Å². The van der Waals surface area contributed by atoms with Crippen molar-refractivity contribution >= 4 is 11.4 Å². The minimum atomic E-state index is 0.939. The number of hydrogen-bond donors (Lipinski definition) is 0. The van der Waals surface area contributed by atoms with E-state index in [-0.39, 0.29) is 0 Å². The summed E-state index contributed by atoms with van der Waals surface area (Å²) in [5, 5.41) is 2.56. The molecule has 0 bridgehead atoms. The molecule has 1 aliphatic heterocycles. The molecule has 466 valence electrons. The van der Waals surface area contributed by atoms with E-state index in [1.165, 1.54) is 308 Å². The molecule has 81 heavy (non-hydrogen) atoms. The van der Waals surface area contributed by atoms with E-state index in [1.807, 2.05) is 14.4 Å². The number of unbranched alkanes of at least 4 members (excludes halogenated alkanes) is 43. The van der Waals surface area contributed by atoms with Crippen molar-refractivity contribution in [3.05, 3.63) is 112 Å². The van der Waals surface area contributed by atoms with Gasteiger partial charge in [-0.2, -0.15) is 0 Å². The van der Waals surface area contributed by atoms with Crippen LogP contribution in [0.1, 0.15) is 371 Å². The van der Waals surface area contributed by atoms with Gasteiger partial charge < -0.3 is 5.53 Å². The molecule has 3 heteroatoms. The summed E-state index contributed by atoms with van der Waals surface area (Å²) < 4.78 is 1.55. The monoisotopic (exact) mass is 1160 g/mol. The molecule has 0 unspecified atom stereocenters. The van der Waals surface area contributed by atoms with E-state index in [4.69, 9.17) is 0 Å². The first kappa shape index (κ1) is 74.6. The summed E-state index contributed by atoms with van der Waals surface area (Å²) in [6.07, 6.45) is 81.7. The van der Waals surface area contributed by atoms with Crippen molar-refractivity contribution < 1.29 is 19.1 Å². The average molecular weight is 1160 g/mol. The van der Waals surface area contributed by atoms with Crippen LogP contribution >= 0.6 is 0 Å². The molecule has 0 fully saturated rings. The second kappa shape index (κ2) is 57.9. The van der Waals surface area contributed by atoms with Gasteiger partial charge in [-0.3, -0.25) is 0 Å². The normalized spacial score (nSPS) is 12.7. The Bertz CT molecular complexity index is 1830. The van der Waals surface area contributed by atoms with Gasteiger partial charge in [0.05, 0.1) is 0 Å². The summed E-state index contributed by atoms with van der Waals surface area (Å²) in [5.41, 5.74) is 20.3. The fraction of sp³-hybridized carbons (Fsp3) is 0.744. The number of allylic oxidation sites excluding steroid dienone is 6. The predicted octanol–water partition coefficient (Wildman–Crippen LogP) is 27.8. The molecule has 1 heterocycles. The van der Waals surface area contributed by atoms with Crippen LogP contribution in [0.3, 0.4) is 0 Å². The minimum absolute atomic E-state index is 0.939. The Balaban J connectivity index is 0.00000428. The van der Waals surface area contributed by atoms with Crippen LogP contribution < -0.4 is 0 Å². The topological polar surface area (TPSA) is 25.3 Å². The third-order valence-electron chi connectivity index (χ3n) is 17.2. The van der Waals surface area contributed by atoms with Crippen molar-refractivity contribution in [2.75, 3.05) is 0 Å². The zero-order valence-electron chi connectivity index (χ0n) is 54.7. The van der Waals surface area contributed by atoms with Crippen LogP contribution in [-0.2, 0) is 27.3 Å². The number of aryl methyl sites for hydroxylation is 2. The van der Waals surface area contributed by atoms with Crippen molar-refractivity contribution in [2.45, 2.75) is 373 Å². The van der Waals surface area contributed by atoms with E-state index in [0.717, 1.165) is 69.2 Å². The molecule has 0 radical (unpaired) electrons. The number of hydrogen-bond acceptors (Lipinski definition) is 0. The van der Waals surface area contributed by atoms with E-state index >= 15 is 0 Å². The molecule has 0 aromatic heterocycles. The van der Waals surface area contributed by atoms with Gasteiger partial charge >= 0.3 is 39.1 Å². The third-order valence-corrected chi connectivity index (χ3v) is 18.1. The van der Waals surface area contributed by atoms with Crippen LogP contribution in [0.4, 0.5) is 0 Å². The Hall–Kier alpha value is -2.51. The summed E-state index contributed by atoms with van der Waals surface area (Å²) in [6, 6.07) is 17.7. The Morgan fingerprint density at radius 1 is 0.321 bits per heavy atom. The van der Waals surface area contributed by atoms with Crippen LogP contribution in [0.5, 0.6) is 0 Å². The number of nitrogens with zero attached hydrogens (tertiary/aromatic N) is 2. The van der Waals surface area contributed by atoms with E-state index in [2.05, 4.69) is 114 Å². The van der Waals surface area contributed by atoms with Crippen LogP contribution in [0.15, 0.2) is 84.5 Å². The first-order valence-electron chi connectivity index (χ1n) is 36.0. The van der Waals surface area contributed by atoms with Gasteiger partial charge in [0, 0.05) is 22.8 Å². The van der Waals surface area contributed by atoms with Crippen LogP contribution in [-0.4, -0.2) is 4.70 Å². The average Bonchev–Trinajstić information content (AvgIpc) is 4.01. The second-order valence-electron chi connectivity index (χ2n) is 24.5. The Morgan fingerprint density at radius 3 is 0.926 bits per heavy atom. The standard InChI is InChI=1S/C74H124N2.2C2H5.Ni/c1-4-7-10-12-14-16-18-20-22-24-26-28-30-32-34-36-38-40-42-44-46-48-50-52-54-61-68-63-56-58-65-71(68)73-67-70(60-9-6-3)74(76(73)75)72-66-59-57-64-69(72)62-55-53-51-49-47-45-43-41-39-37-35-33-31-29-27-25-23-21-19-17-15-13-11-8-5-2;2*1-2;/h48-51,56-59,63-67H,4-47,52-55,60-62H2,1-3H3;2*1H2,2H3;. The summed E-state index contributed by atoms with van der Waals surface area (Å²) in [5.74, 6) is 0. The van der Waals surface area contributed by atoms with E-state index < -0.39 is 0 Å². The van der Waals surface area contributed by atoms with Crippen LogP contribution in [0.25, 0.3) is 16.9 Å². The zero-order valence-corrected chi connectivity index (χ0v) is 55.7. The van der Waals surface area contributed by atoms with Crippen molar-refractivity contribution in [3.8, 4) is 0 Å². The SMILES string of the molecule is CCCCCCCCCCCCCCCCCCCCCCC=CCCCc1ccccc1C1=CC(CCCC)=C(c2ccccc2CCCC=CCCCCCCCCCCCCCCCCCCCCCC)[N+]1=[N-].C[CH2][Ni][CH2]C.